The quantitative estimate of drug-likeness (QED) is 0.861. The second kappa shape index (κ2) is 7.11. The molecule has 3 heterocycles. The van der Waals surface area contributed by atoms with E-state index in [0.717, 1.165) is 0 Å². The molecule has 5 rings (SSSR count). The van der Waals surface area contributed by atoms with Crippen molar-refractivity contribution in [2.45, 2.75) is 29.8 Å². The molecule has 2 bridgehead atoms. The maximum Gasteiger partial charge on any atom is 0.243 e. The van der Waals surface area contributed by atoms with Gasteiger partial charge in [0.15, 0.2) is 0 Å². The molecule has 5 nitrogen and oxygen atoms in total. The number of methoxy groups -OCH3 is 1. The Bertz CT molecular complexity index is 942. The van der Waals surface area contributed by atoms with Crippen LogP contribution in [-0.2, 0) is 10.0 Å². The molecule has 0 radical (unpaired) electrons. The van der Waals surface area contributed by atoms with E-state index < -0.39 is 10.0 Å². The van der Waals surface area contributed by atoms with Crippen LogP contribution in [0.1, 0.15) is 24.0 Å². The highest BCUT2D eigenvalue weighted by molar-refractivity contribution is 7.89. The summed E-state index contributed by atoms with van der Waals surface area (Å²) in [5.74, 6) is 0.914. The summed E-state index contributed by atoms with van der Waals surface area (Å²) >= 11 is 0. The molecule has 0 spiro atoms. The van der Waals surface area contributed by atoms with E-state index in [-0.39, 0.29) is 17.0 Å². The monoisotopic (exact) mass is 384 g/mol. The van der Waals surface area contributed by atoms with Crippen molar-refractivity contribution >= 4 is 16.1 Å². The van der Waals surface area contributed by atoms with Gasteiger partial charge in [-0.3, -0.25) is 0 Å². The van der Waals surface area contributed by atoms with Gasteiger partial charge in [-0.15, -0.1) is 0 Å². The van der Waals surface area contributed by atoms with Gasteiger partial charge in [0.1, 0.15) is 5.75 Å². The van der Waals surface area contributed by atoms with E-state index in [9.17, 15) is 8.42 Å². The number of benzene rings is 2. The van der Waals surface area contributed by atoms with Gasteiger partial charge in [0, 0.05) is 37.2 Å². The normalized spacial score (nSPS) is 25.3. The van der Waals surface area contributed by atoms with Crippen molar-refractivity contribution in [3.05, 3.63) is 65.7 Å². The molecule has 0 amide bonds. The lowest BCUT2D eigenvalue weighted by molar-refractivity contribution is 0.102. The van der Waals surface area contributed by atoms with E-state index in [1.54, 1.807) is 28.6 Å². The van der Waals surface area contributed by atoms with Crippen molar-refractivity contribution in [3.63, 3.8) is 0 Å². The molecule has 2 aromatic rings. The molecular weight excluding hydrogens is 360 g/mol. The van der Waals surface area contributed by atoms with Crippen molar-refractivity contribution in [1.29, 1.82) is 0 Å². The third kappa shape index (κ3) is 3.29. The largest absolute Gasteiger partial charge is 0.497 e. The van der Waals surface area contributed by atoms with Crippen molar-refractivity contribution in [2.75, 3.05) is 20.2 Å². The van der Waals surface area contributed by atoms with E-state index in [4.69, 9.17) is 4.74 Å². The Kier molecular flexibility index (Phi) is 4.80. The molecule has 27 heavy (non-hydrogen) atoms. The number of sulfonamides is 1. The summed E-state index contributed by atoms with van der Waals surface area (Å²) in [6.45, 7) is 2.97. The fourth-order valence-corrected chi connectivity index (χ4v) is 5.61. The number of hydrogen-bond donors (Lipinski definition) is 1. The van der Waals surface area contributed by atoms with Gasteiger partial charge < -0.3 is 10.1 Å². The molecule has 2 aromatic carbocycles. The second-order valence-electron chi connectivity index (χ2n) is 7.07. The molecule has 3 aliphatic heterocycles. The molecular formula is C21H24N2O3S. The van der Waals surface area contributed by atoms with Gasteiger partial charge in [-0.25, -0.2) is 8.42 Å². The minimum absolute atomic E-state index is 0.150. The molecule has 6 heteroatoms. The maximum atomic E-state index is 13.0. The van der Waals surface area contributed by atoms with Crippen LogP contribution in [0.25, 0.3) is 6.08 Å². The Morgan fingerprint density at radius 1 is 1.11 bits per heavy atom. The fraction of sp³-hybridized carbons (Fsp3) is 0.333. The van der Waals surface area contributed by atoms with Gasteiger partial charge in [0.2, 0.25) is 10.0 Å². The van der Waals surface area contributed by atoms with Gasteiger partial charge in [-0.05, 0) is 30.2 Å². The Morgan fingerprint density at radius 2 is 1.81 bits per heavy atom. The lowest BCUT2D eigenvalue weighted by atomic mass is 9.75. The molecule has 1 N–H and O–H groups in total. The first kappa shape index (κ1) is 18.2. The number of piperazine rings is 1. The number of hydrogen-bond acceptors (Lipinski definition) is 4. The summed E-state index contributed by atoms with van der Waals surface area (Å²) in [5, 5.41) is 3.50. The SMILES string of the molecule is C/C=C/c1ccc(C2[C@@H]3CN(S(=O)(=O)c4cccc(OC)c4)C[C@H]2N3)cc1. The lowest BCUT2D eigenvalue weighted by Crippen LogP contribution is -2.72. The Hall–Kier alpha value is -2.15. The fourth-order valence-electron chi connectivity index (χ4n) is 4.08. The number of nitrogens with zero attached hydrogens (tertiary/aromatic N) is 1. The molecule has 0 saturated carbocycles. The lowest BCUT2D eigenvalue weighted by Gasteiger charge is -2.54. The Morgan fingerprint density at radius 3 is 2.44 bits per heavy atom. The highest BCUT2D eigenvalue weighted by Crippen LogP contribution is 2.38. The summed E-state index contributed by atoms with van der Waals surface area (Å²) in [7, 11) is -1.97. The number of allylic oxidation sites excluding steroid dienone is 1. The zero-order valence-corrected chi connectivity index (χ0v) is 16.3. The van der Waals surface area contributed by atoms with Crippen molar-refractivity contribution in [2.24, 2.45) is 0 Å². The summed E-state index contributed by atoms with van der Waals surface area (Å²) in [5.41, 5.74) is 2.45. The topological polar surface area (TPSA) is 58.6 Å². The highest BCUT2D eigenvalue weighted by Gasteiger charge is 2.49. The Labute approximate surface area is 160 Å². The molecule has 1 unspecified atom stereocenters. The van der Waals surface area contributed by atoms with Crippen LogP contribution >= 0.6 is 0 Å². The van der Waals surface area contributed by atoms with Gasteiger partial charge in [0.25, 0.3) is 0 Å². The van der Waals surface area contributed by atoms with Gasteiger partial charge >= 0.3 is 0 Å². The van der Waals surface area contributed by atoms with E-state index >= 15 is 0 Å². The molecule has 142 valence electrons. The number of ether oxygens (including phenoxy) is 1. The van der Waals surface area contributed by atoms with Crippen LogP contribution in [0.15, 0.2) is 59.5 Å². The van der Waals surface area contributed by atoms with Crippen LogP contribution in [0.5, 0.6) is 5.75 Å². The first-order valence-electron chi connectivity index (χ1n) is 9.16. The number of nitrogens with one attached hydrogen (secondary N) is 1. The summed E-state index contributed by atoms with van der Waals surface area (Å²) < 4.78 is 32.8. The average Bonchev–Trinajstić information content (AvgIpc) is 2.69. The summed E-state index contributed by atoms with van der Waals surface area (Å²) in [6, 6.07) is 15.5. The van der Waals surface area contributed by atoms with E-state index in [1.165, 1.54) is 18.2 Å². The van der Waals surface area contributed by atoms with Crippen LogP contribution in [0.3, 0.4) is 0 Å². The van der Waals surface area contributed by atoms with Crippen LogP contribution < -0.4 is 10.1 Å². The second-order valence-corrected chi connectivity index (χ2v) is 9.01. The number of fused-ring (bicyclic) bond motifs is 2. The zero-order chi connectivity index (χ0) is 19.0. The van der Waals surface area contributed by atoms with Gasteiger partial charge in [-0.1, -0.05) is 42.5 Å². The minimum atomic E-state index is -3.51. The number of rotatable bonds is 5. The molecule has 0 aromatic heterocycles. The minimum Gasteiger partial charge on any atom is -0.497 e. The molecule has 3 saturated heterocycles. The van der Waals surface area contributed by atoms with Crippen LogP contribution in [0, 0.1) is 0 Å². The zero-order valence-electron chi connectivity index (χ0n) is 15.5. The van der Waals surface area contributed by atoms with E-state index in [0.29, 0.717) is 24.8 Å². The van der Waals surface area contributed by atoms with Gasteiger partial charge in [0.05, 0.1) is 12.0 Å². The van der Waals surface area contributed by atoms with Gasteiger partial charge in [-0.2, -0.15) is 4.31 Å². The van der Waals surface area contributed by atoms with E-state index in [1.807, 2.05) is 13.0 Å². The van der Waals surface area contributed by atoms with Crippen molar-refractivity contribution < 1.29 is 13.2 Å². The highest BCUT2D eigenvalue weighted by atomic mass is 32.2. The smallest absolute Gasteiger partial charge is 0.243 e. The van der Waals surface area contributed by atoms with E-state index in [2.05, 4.69) is 35.7 Å². The molecule has 3 atom stereocenters. The van der Waals surface area contributed by atoms with Crippen LogP contribution in [0.4, 0.5) is 0 Å². The first-order valence-corrected chi connectivity index (χ1v) is 10.6. The van der Waals surface area contributed by atoms with Crippen LogP contribution in [-0.4, -0.2) is 45.0 Å². The molecule has 0 aliphatic carbocycles. The predicted octanol–water partition coefficient (Wildman–Crippen LogP) is 2.86. The predicted molar refractivity (Wildman–Crippen MR) is 106 cm³/mol. The molecule has 3 aliphatic rings. The average molecular weight is 385 g/mol. The third-order valence-electron chi connectivity index (χ3n) is 5.46. The van der Waals surface area contributed by atoms with Crippen molar-refractivity contribution in [3.8, 4) is 5.75 Å². The summed E-state index contributed by atoms with van der Waals surface area (Å²) in [4.78, 5) is 0.287. The summed E-state index contributed by atoms with van der Waals surface area (Å²) in [6.07, 6.45) is 4.10. The van der Waals surface area contributed by atoms with Crippen molar-refractivity contribution in [1.82, 2.24) is 9.62 Å². The maximum absolute atomic E-state index is 13.0. The van der Waals surface area contributed by atoms with Crippen LogP contribution in [0.2, 0.25) is 0 Å². The third-order valence-corrected chi connectivity index (χ3v) is 7.28. The Balaban J connectivity index is 1.51. The first-order chi connectivity index (χ1) is 13.0. The standard InChI is InChI=1S/C21H24N2O3S/c1-3-5-15-8-10-16(11-9-15)21-19-13-23(14-20(21)22-19)27(24,25)18-7-4-6-17(12-18)26-2/h3-12,19-22H,13-14H2,1-2H3/b5-3+/t19-,20+,21?. The number of piperidine rings is 1. The molecule has 3 fully saturated rings.